The first-order chi connectivity index (χ1) is 8.80. The molecule has 0 bridgehead atoms. The van der Waals surface area contributed by atoms with Crippen LogP contribution in [0.5, 0.6) is 0 Å². The van der Waals surface area contributed by atoms with Crippen molar-refractivity contribution in [3.05, 3.63) is 22.4 Å². The number of hydrogen-bond donors (Lipinski definition) is 3. The SMILES string of the molecule is CC(C)(CCNC(=O)c1cc(Br)c[nH]1)CCC(=O)O. The first-order valence-corrected chi connectivity index (χ1v) is 6.93. The number of carbonyl (C=O) groups is 2. The van der Waals surface area contributed by atoms with Gasteiger partial charge in [0, 0.05) is 23.6 Å². The fraction of sp³-hybridized carbons (Fsp3) is 0.538. The molecular weight excluding hydrogens is 312 g/mol. The summed E-state index contributed by atoms with van der Waals surface area (Å²) in [4.78, 5) is 25.1. The number of rotatable bonds is 7. The van der Waals surface area contributed by atoms with Gasteiger partial charge in [-0.3, -0.25) is 9.59 Å². The average Bonchev–Trinajstić information content (AvgIpc) is 2.73. The number of amides is 1. The number of aliphatic carboxylic acids is 1. The second-order valence-electron chi connectivity index (χ2n) is 5.30. The summed E-state index contributed by atoms with van der Waals surface area (Å²) in [7, 11) is 0. The molecule has 0 spiro atoms. The number of halogens is 1. The molecule has 6 heteroatoms. The van der Waals surface area contributed by atoms with Crippen molar-refractivity contribution in [2.24, 2.45) is 5.41 Å². The van der Waals surface area contributed by atoms with Crippen molar-refractivity contribution in [1.29, 1.82) is 0 Å². The van der Waals surface area contributed by atoms with Crippen LogP contribution < -0.4 is 5.32 Å². The van der Waals surface area contributed by atoms with E-state index in [0.717, 1.165) is 10.9 Å². The van der Waals surface area contributed by atoms with Gasteiger partial charge in [-0.05, 0) is 40.3 Å². The molecule has 1 amide bonds. The Labute approximate surface area is 120 Å². The molecule has 0 fully saturated rings. The zero-order chi connectivity index (χ0) is 14.5. The summed E-state index contributed by atoms with van der Waals surface area (Å²) in [5, 5.41) is 11.5. The first kappa shape index (κ1) is 15.8. The maximum Gasteiger partial charge on any atom is 0.303 e. The van der Waals surface area contributed by atoms with Crippen LogP contribution in [0.1, 0.15) is 43.6 Å². The lowest BCUT2D eigenvalue weighted by Crippen LogP contribution is -2.28. The minimum atomic E-state index is -0.784. The Morgan fingerprint density at radius 1 is 1.42 bits per heavy atom. The predicted molar refractivity (Wildman–Crippen MR) is 76.1 cm³/mol. The van der Waals surface area contributed by atoms with Crippen molar-refractivity contribution >= 4 is 27.8 Å². The minimum Gasteiger partial charge on any atom is -0.481 e. The fourth-order valence-electron chi connectivity index (χ4n) is 1.68. The number of carboxylic acid groups (broad SMARTS) is 1. The molecule has 0 saturated heterocycles. The fourth-order valence-corrected chi connectivity index (χ4v) is 2.02. The molecule has 0 unspecified atom stereocenters. The van der Waals surface area contributed by atoms with Gasteiger partial charge in [-0.15, -0.1) is 0 Å². The number of aromatic amines is 1. The van der Waals surface area contributed by atoms with Gasteiger partial charge in [-0.1, -0.05) is 13.8 Å². The summed E-state index contributed by atoms with van der Waals surface area (Å²) in [5.41, 5.74) is 0.414. The van der Waals surface area contributed by atoms with E-state index in [2.05, 4.69) is 26.2 Å². The Balaban J connectivity index is 2.33. The number of nitrogens with one attached hydrogen (secondary N) is 2. The molecule has 1 aromatic rings. The highest BCUT2D eigenvalue weighted by atomic mass is 79.9. The molecule has 106 valence electrons. The number of hydrogen-bond acceptors (Lipinski definition) is 2. The Kier molecular flexibility index (Phi) is 5.60. The van der Waals surface area contributed by atoms with Gasteiger partial charge in [-0.2, -0.15) is 0 Å². The van der Waals surface area contributed by atoms with E-state index in [1.54, 1.807) is 12.3 Å². The lowest BCUT2D eigenvalue weighted by Gasteiger charge is -2.23. The summed E-state index contributed by atoms with van der Waals surface area (Å²) >= 11 is 3.27. The van der Waals surface area contributed by atoms with Crippen molar-refractivity contribution in [1.82, 2.24) is 10.3 Å². The third-order valence-electron chi connectivity index (χ3n) is 3.00. The molecule has 0 aliphatic rings. The van der Waals surface area contributed by atoms with Crippen LogP contribution in [0.2, 0.25) is 0 Å². The molecule has 1 aromatic heterocycles. The Hall–Kier alpha value is -1.30. The van der Waals surface area contributed by atoms with E-state index in [9.17, 15) is 9.59 Å². The van der Waals surface area contributed by atoms with E-state index < -0.39 is 5.97 Å². The molecule has 3 N–H and O–H groups in total. The highest BCUT2D eigenvalue weighted by Crippen LogP contribution is 2.26. The molecule has 0 aliphatic heterocycles. The summed E-state index contributed by atoms with van der Waals surface area (Å²) in [6.07, 6.45) is 3.20. The zero-order valence-electron chi connectivity index (χ0n) is 11.1. The lowest BCUT2D eigenvalue weighted by atomic mass is 9.84. The van der Waals surface area contributed by atoms with Crippen molar-refractivity contribution in [2.45, 2.75) is 33.1 Å². The lowest BCUT2D eigenvalue weighted by molar-refractivity contribution is -0.137. The van der Waals surface area contributed by atoms with Gasteiger partial charge in [-0.25, -0.2) is 0 Å². The van der Waals surface area contributed by atoms with E-state index in [0.29, 0.717) is 18.7 Å². The highest BCUT2D eigenvalue weighted by Gasteiger charge is 2.19. The number of carbonyl (C=O) groups excluding carboxylic acids is 1. The molecular formula is C13H19BrN2O3. The molecule has 0 radical (unpaired) electrons. The normalized spacial score (nSPS) is 11.3. The maximum atomic E-state index is 11.8. The molecule has 0 saturated carbocycles. The molecule has 5 nitrogen and oxygen atoms in total. The van der Waals surface area contributed by atoms with Crippen LogP contribution in [0.25, 0.3) is 0 Å². The Bertz CT molecular complexity index is 454. The smallest absolute Gasteiger partial charge is 0.303 e. The molecule has 1 rings (SSSR count). The molecule has 19 heavy (non-hydrogen) atoms. The van der Waals surface area contributed by atoms with Crippen LogP contribution in [0, 0.1) is 5.41 Å². The monoisotopic (exact) mass is 330 g/mol. The van der Waals surface area contributed by atoms with E-state index in [4.69, 9.17) is 5.11 Å². The van der Waals surface area contributed by atoms with Gasteiger partial charge >= 0.3 is 5.97 Å². The maximum absolute atomic E-state index is 11.8. The Morgan fingerprint density at radius 2 is 2.11 bits per heavy atom. The van der Waals surface area contributed by atoms with Gasteiger partial charge in [0.1, 0.15) is 5.69 Å². The van der Waals surface area contributed by atoms with E-state index in [1.807, 2.05) is 13.8 Å². The number of H-pyrrole nitrogens is 1. The van der Waals surface area contributed by atoms with Gasteiger partial charge in [0.25, 0.3) is 5.91 Å². The highest BCUT2D eigenvalue weighted by molar-refractivity contribution is 9.10. The quantitative estimate of drug-likeness (QED) is 0.718. The first-order valence-electron chi connectivity index (χ1n) is 6.14. The van der Waals surface area contributed by atoms with Crippen LogP contribution in [-0.4, -0.2) is 28.5 Å². The van der Waals surface area contributed by atoms with Crippen LogP contribution in [0.15, 0.2) is 16.7 Å². The Morgan fingerprint density at radius 3 is 2.63 bits per heavy atom. The number of aromatic nitrogens is 1. The topological polar surface area (TPSA) is 82.2 Å². The summed E-state index contributed by atoms with van der Waals surface area (Å²) in [5.74, 6) is -0.937. The van der Waals surface area contributed by atoms with Gasteiger partial charge in [0.05, 0.1) is 0 Å². The largest absolute Gasteiger partial charge is 0.481 e. The second kappa shape index (κ2) is 6.75. The van der Waals surface area contributed by atoms with Crippen molar-refractivity contribution in [3.8, 4) is 0 Å². The van der Waals surface area contributed by atoms with E-state index >= 15 is 0 Å². The summed E-state index contributed by atoms with van der Waals surface area (Å²) in [6, 6.07) is 1.71. The molecule has 1 heterocycles. The van der Waals surface area contributed by atoms with Crippen molar-refractivity contribution < 1.29 is 14.7 Å². The number of carboxylic acids is 1. The summed E-state index contributed by atoms with van der Waals surface area (Å²) in [6.45, 7) is 4.54. The zero-order valence-corrected chi connectivity index (χ0v) is 12.7. The van der Waals surface area contributed by atoms with E-state index in [1.165, 1.54) is 0 Å². The summed E-state index contributed by atoms with van der Waals surface area (Å²) < 4.78 is 0.833. The van der Waals surface area contributed by atoms with Crippen LogP contribution in [-0.2, 0) is 4.79 Å². The minimum absolute atomic E-state index is 0.0952. The van der Waals surface area contributed by atoms with E-state index in [-0.39, 0.29) is 17.7 Å². The van der Waals surface area contributed by atoms with Crippen LogP contribution >= 0.6 is 15.9 Å². The molecule has 0 aliphatic carbocycles. The van der Waals surface area contributed by atoms with Crippen LogP contribution in [0.3, 0.4) is 0 Å². The van der Waals surface area contributed by atoms with Gasteiger partial charge in [0.2, 0.25) is 0 Å². The molecule has 0 atom stereocenters. The standard InChI is InChI=1S/C13H19BrN2O3/c1-13(2,4-3-11(17)18)5-6-15-12(19)10-7-9(14)8-16-10/h7-8,16H,3-6H2,1-2H3,(H,15,19)(H,17,18). The third-order valence-corrected chi connectivity index (χ3v) is 3.45. The predicted octanol–water partition coefficient (Wildman–Crippen LogP) is 2.79. The second-order valence-corrected chi connectivity index (χ2v) is 6.21. The third kappa shape index (κ3) is 5.92. The molecule has 0 aromatic carbocycles. The van der Waals surface area contributed by atoms with Crippen LogP contribution in [0.4, 0.5) is 0 Å². The van der Waals surface area contributed by atoms with Gasteiger partial charge < -0.3 is 15.4 Å². The van der Waals surface area contributed by atoms with Crippen molar-refractivity contribution in [3.63, 3.8) is 0 Å². The van der Waals surface area contributed by atoms with Crippen molar-refractivity contribution in [2.75, 3.05) is 6.54 Å². The van der Waals surface area contributed by atoms with Gasteiger partial charge in [0.15, 0.2) is 0 Å². The average molecular weight is 331 g/mol.